The molecule has 3 aromatic rings. The summed E-state index contributed by atoms with van der Waals surface area (Å²) in [5.41, 5.74) is 2.24. The summed E-state index contributed by atoms with van der Waals surface area (Å²) in [6.45, 7) is 3.01. The molecule has 0 unspecified atom stereocenters. The van der Waals surface area contributed by atoms with Gasteiger partial charge in [-0.3, -0.25) is 4.90 Å². The van der Waals surface area contributed by atoms with Crippen molar-refractivity contribution in [2.24, 2.45) is 0 Å². The van der Waals surface area contributed by atoms with Gasteiger partial charge in [-0.1, -0.05) is 6.07 Å². The van der Waals surface area contributed by atoms with Crippen LogP contribution in [0.2, 0.25) is 0 Å². The summed E-state index contributed by atoms with van der Waals surface area (Å²) < 4.78 is 7.31. The van der Waals surface area contributed by atoms with E-state index in [2.05, 4.69) is 35.8 Å². The first-order valence-corrected chi connectivity index (χ1v) is 8.59. The van der Waals surface area contributed by atoms with Gasteiger partial charge in [-0.15, -0.1) is 24.0 Å². The van der Waals surface area contributed by atoms with Gasteiger partial charge in [-0.05, 0) is 25.0 Å². The summed E-state index contributed by atoms with van der Waals surface area (Å²) in [5.74, 6) is 1.22. The number of likely N-dealkylation sites (tertiary alicyclic amines) is 1. The molecule has 0 spiro atoms. The lowest BCUT2D eigenvalue weighted by Gasteiger charge is -2.32. The predicted octanol–water partition coefficient (Wildman–Crippen LogP) is 2.83. The number of methoxy groups -OCH3 is 1. The third-order valence-corrected chi connectivity index (χ3v) is 4.64. The highest BCUT2D eigenvalue weighted by atomic mass is 127. The summed E-state index contributed by atoms with van der Waals surface area (Å²) in [7, 11) is 1.62. The van der Waals surface area contributed by atoms with Crippen molar-refractivity contribution in [1.82, 2.24) is 24.3 Å². The predicted molar refractivity (Wildman–Crippen MR) is 111 cm³/mol. The maximum absolute atomic E-state index is 5.15. The molecule has 7 nitrogen and oxygen atoms in total. The van der Waals surface area contributed by atoms with E-state index >= 15 is 0 Å². The third-order valence-electron chi connectivity index (χ3n) is 4.64. The van der Waals surface area contributed by atoms with Gasteiger partial charge in [0.2, 0.25) is 11.8 Å². The molecule has 0 bridgehead atoms. The van der Waals surface area contributed by atoms with Crippen molar-refractivity contribution in [2.75, 3.05) is 25.5 Å². The molecule has 1 saturated heterocycles. The Balaban J connectivity index is 0.00000196. The van der Waals surface area contributed by atoms with Gasteiger partial charge >= 0.3 is 0 Å². The molecular formula is C18H23IN6O. The minimum Gasteiger partial charge on any atom is -0.481 e. The van der Waals surface area contributed by atoms with Crippen LogP contribution < -0.4 is 10.1 Å². The van der Waals surface area contributed by atoms with E-state index < -0.39 is 0 Å². The normalized spacial score (nSPS) is 15.6. The summed E-state index contributed by atoms with van der Waals surface area (Å²) in [6, 6.07) is 8.25. The van der Waals surface area contributed by atoms with Crippen LogP contribution in [0.3, 0.4) is 0 Å². The van der Waals surface area contributed by atoms with Crippen LogP contribution in [0.15, 0.2) is 42.9 Å². The van der Waals surface area contributed by atoms with E-state index in [-0.39, 0.29) is 24.0 Å². The van der Waals surface area contributed by atoms with Gasteiger partial charge in [0.15, 0.2) is 0 Å². The Morgan fingerprint density at radius 1 is 1.19 bits per heavy atom. The average molecular weight is 466 g/mol. The molecule has 0 amide bonds. The Hall–Kier alpha value is -1.94. The summed E-state index contributed by atoms with van der Waals surface area (Å²) in [4.78, 5) is 15.5. The quantitative estimate of drug-likeness (QED) is 0.584. The van der Waals surface area contributed by atoms with E-state index in [0.717, 1.165) is 38.1 Å². The maximum Gasteiger partial charge on any atom is 0.226 e. The maximum atomic E-state index is 5.15. The van der Waals surface area contributed by atoms with Crippen LogP contribution in [0.5, 0.6) is 5.88 Å². The van der Waals surface area contributed by atoms with Gasteiger partial charge in [-0.25, -0.2) is 9.97 Å². The molecule has 26 heavy (non-hydrogen) atoms. The fourth-order valence-electron chi connectivity index (χ4n) is 3.27. The van der Waals surface area contributed by atoms with E-state index in [0.29, 0.717) is 17.9 Å². The number of nitrogens with one attached hydrogen (secondary N) is 1. The molecule has 4 rings (SSSR count). The minimum absolute atomic E-state index is 0. The number of ether oxygens (including phenoxy) is 1. The molecule has 1 aliphatic rings. The molecule has 0 aromatic carbocycles. The summed E-state index contributed by atoms with van der Waals surface area (Å²) >= 11 is 0. The van der Waals surface area contributed by atoms with E-state index in [1.165, 1.54) is 5.69 Å². The monoisotopic (exact) mass is 466 g/mol. The van der Waals surface area contributed by atoms with Crippen LogP contribution in [0.25, 0.3) is 5.65 Å². The fourth-order valence-corrected chi connectivity index (χ4v) is 3.27. The van der Waals surface area contributed by atoms with E-state index in [9.17, 15) is 0 Å². The van der Waals surface area contributed by atoms with Gasteiger partial charge < -0.3 is 14.5 Å². The van der Waals surface area contributed by atoms with E-state index in [4.69, 9.17) is 4.74 Å². The second-order valence-corrected chi connectivity index (χ2v) is 6.30. The summed E-state index contributed by atoms with van der Waals surface area (Å²) in [6.07, 6.45) is 7.90. The minimum atomic E-state index is 0. The van der Waals surface area contributed by atoms with Crippen molar-refractivity contribution in [3.05, 3.63) is 48.5 Å². The fraction of sp³-hybridized carbons (Fsp3) is 0.389. The lowest BCUT2D eigenvalue weighted by atomic mass is 10.1. The molecule has 0 atom stereocenters. The molecular weight excluding hydrogens is 443 g/mol. The number of fused-ring (bicyclic) bond motifs is 1. The number of pyridine rings is 1. The Kier molecular flexibility index (Phi) is 6.25. The van der Waals surface area contributed by atoms with E-state index in [1.807, 2.05) is 24.4 Å². The van der Waals surface area contributed by atoms with Crippen LogP contribution >= 0.6 is 24.0 Å². The SMILES string of the molecule is COc1ccnc(NC2CCN(Cc3cnc4ccccn34)CC2)n1.I. The van der Waals surface area contributed by atoms with Crippen LogP contribution in [0, 0.1) is 0 Å². The molecule has 1 N–H and O–H groups in total. The second kappa shape index (κ2) is 8.63. The topological polar surface area (TPSA) is 67.6 Å². The zero-order valence-corrected chi connectivity index (χ0v) is 17.0. The molecule has 1 aliphatic heterocycles. The van der Waals surface area contributed by atoms with Crippen LogP contribution in [-0.2, 0) is 6.54 Å². The van der Waals surface area contributed by atoms with Crippen LogP contribution in [0.1, 0.15) is 18.5 Å². The highest BCUT2D eigenvalue weighted by Gasteiger charge is 2.20. The molecule has 1 fully saturated rings. The van der Waals surface area contributed by atoms with E-state index in [1.54, 1.807) is 19.4 Å². The highest BCUT2D eigenvalue weighted by molar-refractivity contribution is 14.0. The zero-order valence-electron chi connectivity index (χ0n) is 14.7. The number of hydrogen-bond acceptors (Lipinski definition) is 6. The average Bonchev–Trinajstić information content (AvgIpc) is 3.07. The first-order valence-electron chi connectivity index (χ1n) is 8.59. The number of imidazole rings is 1. The van der Waals surface area contributed by atoms with Crippen molar-refractivity contribution < 1.29 is 4.74 Å². The lowest BCUT2D eigenvalue weighted by molar-refractivity contribution is 0.208. The summed E-state index contributed by atoms with van der Waals surface area (Å²) in [5, 5.41) is 3.42. The Bertz CT molecular complexity index is 846. The van der Waals surface area contributed by atoms with Crippen molar-refractivity contribution in [3.8, 4) is 5.88 Å². The van der Waals surface area contributed by atoms with Crippen LogP contribution in [-0.4, -0.2) is 50.5 Å². The number of piperidine rings is 1. The lowest BCUT2D eigenvalue weighted by Crippen LogP contribution is -2.39. The molecule has 4 heterocycles. The van der Waals surface area contributed by atoms with Gasteiger partial charge in [0.1, 0.15) is 5.65 Å². The Morgan fingerprint density at radius 3 is 2.85 bits per heavy atom. The number of rotatable bonds is 5. The van der Waals surface area contributed by atoms with Gasteiger partial charge in [0.05, 0.1) is 19.0 Å². The van der Waals surface area contributed by atoms with Crippen LogP contribution in [0.4, 0.5) is 5.95 Å². The van der Waals surface area contributed by atoms with Crippen molar-refractivity contribution in [2.45, 2.75) is 25.4 Å². The number of halogens is 1. The molecule has 0 aliphatic carbocycles. The molecule has 0 radical (unpaired) electrons. The number of nitrogens with zero attached hydrogens (tertiary/aromatic N) is 5. The first-order chi connectivity index (χ1) is 12.3. The highest BCUT2D eigenvalue weighted by Crippen LogP contribution is 2.18. The number of hydrogen-bond donors (Lipinski definition) is 1. The molecule has 0 saturated carbocycles. The van der Waals surface area contributed by atoms with Gasteiger partial charge in [0, 0.05) is 44.1 Å². The Labute approximate surface area is 169 Å². The van der Waals surface area contributed by atoms with Crippen molar-refractivity contribution >= 4 is 35.6 Å². The van der Waals surface area contributed by atoms with Crippen molar-refractivity contribution in [3.63, 3.8) is 0 Å². The smallest absolute Gasteiger partial charge is 0.226 e. The third kappa shape index (κ3) is 4.24. The first kappa shape index (κ1) is 18.8. The number of aromatic nitrogens is 4. The van der Waals surface area contributed by atoms with Gasteiger partial charge in [-0.2, -0.15) is 4.98 Å². The zero-order chi connectivity index (χ0) is 17.1. The molecule has 3 aromatic heterocycles. The largest absolute Gasteiger partial charge is 0.481 e. The molecule has 138 valence electrons. The van der Waals surface area contributed by atoms with Gasteiger partial charge in [0.25, 0.3) is 0 Å². The van der Waals surface area contributed by atoms with Crippen molar-refractivity contribution in [1.29, 1.82) is 0 Å². The number of anilines is 1. The second-order valence-electron chi connectivity index (χ2n) is 6.30. The molecule has 8 heteroatoms. The standard InChI is InChI=1S/C18H22N6O.HI/c1-25-17-5-8-19-18(22-17)21-14-6-10-23(11-7-14)13-15-12-20-16-4-2-3-9-24(15)16;/h2-5,8-9,12,14H,6-7,10-11,13H2,1H3,(H,19,21,22);1H. The Morgan fingerprint density at radius 2 is 2.04 bits per heavy atom.